The van der Waals surface area contributed by atoms with Crippen molar-refractivity contribution in [3.63, 3.8) is 0 Å². The van der Waals surface area contributed by atoms with Crippen LogP contribution in [0.1, 0.15) is 75.0 Å². The highest BCUT2D eigenvalue weighted by molar-refractivity contribution is 5.70. The molecule has 1 heterocycles. The predicted molar refractivity (Wildman–Crippen MR) is 108 cm³/mol. The summed E-state index contributed by atoms with van der Waals surface area (Å²) in [5.41, 5.74) is 1.45. The minimum absolute atomic E-state index is 0.180. The zero-order valence-electron chi connectivity index (χ0n) is 17.5. The predicted octanol–water partition coefficient (Wildman–Crippen LogP) is 6.99. The third kappa shape index (κ3) is 4.92. The number of hydrogen-bond donors (Lipinski definition) is 0. The molecule has 4 nitrogen and oxygen atoms in total. The van der Waals surface area contributed by atoms with Crippen LogP contribution in [0, 0.1) is 11.8 Å². The van der Waals surface area contributed by atoms with E-state index in [0.717, 1.165) is 48.8 Å². The Balaban J connectivity index is 1.37. The van der Waals surface area contributed by atoms with Gasteiger partial charge in [-0.2, -0.15) is 0 Å². The van der Waals surface area contributed by atoms with E-state index in [-0.39, 0.29) is 23.3 Å². The average molecular weight is 435 g/mol. The van der Waals surface area contributed by atoms with Gasteiger partial charge in [-0.1, -0.05) is 30.1 Å². The van der Waals surface area contributed by atoms with Crippen LogP contribution in [0.15, 0.2) is 28.8 Å². The van der Waals surface area contributed by atoms with E-state index in [1.54, 1.807) is 12.1 Å². The van der Waals surface area contributed by atoms with Gasteiger partial charge in [0.2, 0.25) is 0 Å². The fourth-order valence-electron chi connectivity index (χ4n) is 5.27. The molecule has 5 rings (SSSR count). The van der Waals surface area contributed by atoms with Crippen molar-refractivity contribution in [2.45, 2.75) is 82.8 Å². The highest BCUT2D eigenvalue weighted by atomic mass is 19.4. The van der Waals surface area contributed by atoms with Gasteiger partial charge in [0.05, 0.1) is 12.7 Å². The number of fused-ring (bicyclic) bond motifs is 2. The van der Waals surface area contributed by atoms with Crippen LogP contribution in [0.5, 0.6) is 5.75 Å². The second-order valence-electron chi connectivity index (χ2n) is 9.33. The standard InChI is InChI=1S/C24H28F3NO3/c25-24(26,27)30-21-4-2-1-3-19(21)22-20(23(31-28-22)17-9-10-17)14-29-18-11-7-15-5-6-16(13-15)8-12-18/h1-4,15-18H,5-14H2/t15-,16-/m1/s1. The average Bonchev–Trinajstić information content (AvgIpc) is 3.29. The quantitative estimate of drug-likeness (QED) is 0.490. The summed E-state index contributed by atoms with van der Waals surface area (Å²) < 4.78 is 55.0. The molecule has 0 amide bonds. The van der Waals surface area contributed by atoms with Crippen molar-refractivity contribution in [2.75, 3.05) is 0 Å². The van der Waals surface area contributed by atoms with Crippen molar-refractivity contribution >= 4 is 0 Å². The molecule has 1 aromatic heterocycles. The number of ether oxygens (including phenoxy) is 2. The first-order valence-electron chi connectivity index (χ1n) is 11.4. The lowest BCUT2D eigenvalue weighted by atomic mass is 9.90. The maximum atomic E-state index is 12.9. The molecule has 2 bridgehead atoms. The van der Waals surface area contributed by atoms with E-state index in [1.165, 1.54) is 44.2 Å². The molecule has 3 fully saturated rings. The molecule has 2 aromatic rings. The third-order valence-corrected chi connectivity index (χ3v) is 7.04. The Morgan fingerprint density at radius 1 is 0.935 bits per heavy atom. The van der Waals surface area contributed by atoms with Gasteiger partial charge in [-0.25, -0.2) is 0 Å². The van der Waals surface area contributed by atoms with Crippen LogP contribution < -0.4 is 4.74 Å². The summed E-state index contributed by atoms with van der Waals surface area (Å²) in [7, 11) is 0. The van der Waals surface area contributed by atoms with Crippen molar-refractivity contribution in [3.8, 4) is 17.0 Å². The molecule has 0 spiro atoms. The van der Waals surface area contributed by atoms with E-state index < -0.39 is 6.36 Å². The molecular formula is C24H28F3NO3. The Kier molecular flexibility index (Phi) is 5.71. The Bertz CT molecular complexity index is 892. The summed E-state index contributed by atoms with van der Waals surface area (Å²) in [6, 6.07) is 6.10. The van der Waals surface area contributed by atoms with Crippen molar-refractivity contribution in [3.05, 3.63) is 35.6 Å². The number of aromatic nitrogens is 1. The van der Waals surface area contributed by atoms with Crippen LogP contribution in [0.2, 0.25) is 0 Å². The normalized spacial score (nSPS) is 24.7. The number of benzene rings is 1. The van der Waals surface area contributed by atoms with Gasteiger partial charge in [-0.3, -0.25) is 0 Å². The Hall–Kier alpha value is -2.02. The molecule has 3 saturated carbocycles. The Labute approximate surface area is 180 Å². The number of alkyl halides is 3. The van der Waals surface area contributed by atoms with Crippen molar-refractivity contribution < 1.29 is 27.2 Å². The monoisotopic (exact) mass is 435 g/mol. The molecule has 0 unspecified atom stereocenters. The topological polar surface area (TPSA) is 44.5 Å². The zero-order chi connectivity index (χ0) is 21.4. The van der Waals surface area contributed by atoms with E-state index in [0.29, 0.717) is 12.3 Å². The largest absolute Gasteiger partial charge is 0.573 e. The summed E-state index contributed by atoms with van der Waals surface area (Å²) in [6.07, 6.45) is 5.98. The van der Waals surface area contributed by atoms with E-state index in [4.69, 9.17) is 9.26 Å². The van der Waals surface area contributed by atoms with Gasteiger partial charge in [-0.05, 0) is 68.9 Å². The van der Waals surface area contributed by atoms with Gasteiger partial charge in [-0.15, -0.1) is 13.2 Å². The summed E-state index contributed by atoms with van der Waals surface area (Å²) >= 11 is 0. The summed E-state index contributed by atoms with van der Waals surface area (Å²) in [5, 5.41) is 4.17. The van der Waals surface area contributed by atoms with E-state index in [2.05, 4.69) is 9.89 Å². The lowest BCUT2D eigenvalue weighted by Crippen LogP contribution is -2.18. The molecule has 0 aliphatic heterocycles. The molecule has 31 heavy (non-hydrogen) atoms. The molecule has 7 heteroatoms. The molecule has 0 saturated heterocycles. The first-order chi connectivity index (χ1) is 15.0. The lowest BCUT2D eigenvalue weighted by Gasteiger charge is -2.24. The number of halogens is 3. The van der Waals surface area contributed by atoms with Gasteiger partial charge in [0.15, 0.2) is 0 Å². The van der Waals surface area contributed by atoms with Crippen LogP contribution in [0.4, 0.5) is 13.2 Å². The van der Waals surface area contributed by atoms with Crippen molar-refractivity contribution in [1.29, 1.82) is 0 Å². The summed E-state index contributed by atoms with van der Waals surface area (Å²) in [4.78, 5) is 0. The SMILES string of the molecule is FC(F)(F)Oc1ccccc1-c1noc(C2CC2)c1COC1CC[C@H]2CC[C@H](CC1)C2. The fraction of sp³-hybridized carbons (Fsp3) is 0.625. The summed E-state index contributed by atoms with van der Waals surface area (Å²) in [6.45, 7) is 0.311. The van der Waals surface area contributed by atoms with Crippen molar-refractivity contribution in [2.24, 2.45) is 11.8 Å². The highest BCUT2D eigenvalue weighted by Crippen LogP contribution is 2.46. The van der Waals surface area contributed by atoms with Crippen LogP contribution in [-0.4, -0.2) is 17.6 Å². The molecule has 0 radical (unpaired) electrons. The molecule has 2 atom stereocenters. The van der Waals surface area contributed by atoms with Gasteiger partial charge in [0.1, 0.15) is 17.2 Å². The van der Waals surface area contributed by atoms with Crippen LogP contribution in [-0.2, 0) is 11.3 Å². The van der Waals surface area contributed by atoms with E-state index in [1.807, 2.05) is 0 Å². The highest BCUT2D eigenvalue weighted by Gasteiger charge is 2.36. The zero-order valence-corrected chi connectivity index (χ0v) is 17.5. The maximum absolute atomic E-state index is 12.9. The lowest BCUT2D eigenvalue weighted by molar-refractivity contribution is -0.274. The number of nitrogens with zero attached hydrogens (tertiary/aromatic N) is 1. The molecule has 3 aliphatic rings. The Morgan fingerprint density at radius 2 is 1.61 bits per heavy atom. The molecule has 0 N–H and O–H groups in total. The molecular weight excluding hydrogens is 407 g/mol. The smallest absolute Gasteiger partial charge is 0.405 e. The fourth-order valence-corrected chi connectivity index (χ4v) is 5.27. The second kappa shape index (κ2) is 8.49. The molecule has 168 valence electrons. The first-order valence-corrected chi connectivity index (χ1v) is 11.4. The minimum atomic E-state index is -4.77. The number of rotatable bonds is 6. The third-order valence-electron chi connectivity index (χ3n) is 7.04. The summed E-state index contributed by atoms with van der Waals surface area (Å²) in [5.74, 6) is 2.42. The maximum Gasteiger partial charge on any atom is 0.573 e. The molecule has 3 aliphatic carbocycles. The number of hydrogen-bond acceptors (Lipinski definition) is 4. The van der Waals surface area contributed by atoms with E-state index >= 15 is 0 Å². The second-order valence-corrected chi connectivity index (χ2v) is 9.33. The van der Waals surface area contributed by atoms with E-state index in [9.17, 15) is 13.2 Å². The number of para-hydroxylation sites is 1. The molecule has 1 aromatic carbocycles. The van der Waals surface area contributed by atoms with Gasteiger partial charge < -0.3 is 14.0 Å². The van der Waals surface area contributed by atoms with Crippen LogP contribution in [0.25, 0.3) is 11.3 Å². The minimum Gasteiger partial charge on any atom is -0.405 e. The van der Waals surface area contributed by atoms with Gasteiger partial charge in [0, 0.05) is 17.0 Å². The van der Waals surface area contributed by atoms with Gasteiger partial charge >= 0.3 is 6.36 Å². The first kappa shape index (κ1) is 20.9. The van der Waals surface area contributed by atoms with Crippen LogP contribution >= 0.6 is 0 Å². The Morgan fingerprint density at radius 3 is 2.29 bits per heavy atom. The van der Waals surface area contributed by atoms with Gasteiger partial charge in [0.25, 0.3) is 0 Å². The van der Waals surface area contributed by atoms with Crippen LogP contribution in [0.3, 0.4) is 0 Å². The van der Waals surface area contributed by atoms with Crippen molar-refractivity contribution in [1.82, 2.24) is 5.16 Å².